The molecule has 19 heavy (non-hydrogen) atoms. The van der Waals surface area contributed by atoms with Crippen molar-refractivity contribution in [3.05, 3.63) is 50.7 Å². The van der Waals surface area contributed by atoms with Crippen LogP contribution in [0.5, 0.6) is 0 Å². The van der Waals surface area contributed by atoms with Crippen molar-refractivity contribution in [2.45, 2.75) is 0 Å². The first-order chi connectivity index (χ1) is 8.99. The molecule has 0 saturated carbocycles. The Labute approximate surface area is 134 Å². The molecule has 3 N–H and O–H groups in total. The summed E-state index contributed by atoms with van der Waals surface area (Å²) in [6.45, 7) is 0. The number of halogens is 3. The molecule has 0 amide bonds. The van der Waals surface area contributed by atoms with Crippen molar-refractivity contribution in [2.24, 2.45) is 5.73 Å². The van der Waals surface area contributed by atoms with E-state index in [1.165, 1.54) is 0 Å². The van der Waals surface area contributed by atoms with Crippen molar-refractivity contribution >= 4 is 67.7 Å². The molecular formula is C12H8BrCl2N3S. The van der Waals surface area contributed by atoms with Crippen molar-refractivity contribution in [2.75, 3.05) is 5.32 Å². The Morgan fingerprint density at radius 2 is 1.95 bits per heavy atom. The molecule has 0 aliphatic heterocycles. The second kappa shape index (κ2) is 6.05. The summed E-state index contributed by atoms with van der Waals surface area (Å²) in [5.41, 5.74) is 7.51. The van der Waals surface area contributed by atoms with Gasteiger partial charge in [-0.3, -0.25) is 4.98 Å². The molecule has 1 aromatic carbocycles. The van der Waals surface area contributed by atoms with E-state index < -0.39 is 0 Å². The summed E-state index contributed by atoms with van der Waals surface area (Å²) in [6.07, 6.45) is 1.63. The molecule has 0 aliphatic rings. The molecule has 0 aliphatic carbocycles. The third kappa shape index (κ3) is 3.36. The summed E-state index contributed by atoms with van der Waals surface area (Å²) in [5, 5.41) is 4.02. The fourth-order valence-corrected chi connectivity index (χ4v) is 2.33. The highest BCUT2D eigenvalue weighted by Crippen LogP contribution is 2.36. The molecule has 0 atom stereocenters. The zero-order valence-electron chi connectivity index (χ0n) is 9.45. The monoisotopic (exact) mass is 375 g/mol. The SMILES string of the molecule is NC(=S)c1ccc(Nc2ccc(Br)c(Cl)c2Cl)cn1. The normalized spacial score (nSPS) is 10.3. The van der Waals surface area contributed by atoms with E-state index in [0.29, 0.717) is 21.4 Å². The maximum Gasteiger partial charge on any atom is 0.122 e. The smallest absolute Gasteiger partial charge is 0.122 e. The van der Waals surface area contributed by atoms with E-state index in [0.717, 1.165) is 10.2 Å². The van der Waals surface area contributed by atoms with Gasteiger partial charge >= 0.3 is 0 Å². The quantitative estimate of drug-likeness (QED) is 0.610. The van der Waals surface area contributed by atoms with Gasteiger partial charge in [-0.2, -0.15) is 0 Å². The second-order valence-corrected chi connectivity index (χ2v) is 5.69. The lowest BCUT2D eigenvalue weighted by molar-refractivity contribution is 1.29. The van der Waals surface area contributed by atoms with Crippen LogP contribution in [-0.2, 0) is 0 Å². The molecule has 98 valence electrons. The summed E-state index contributed by atoms with van der Waals surface area (Å²) in [7, 11) is 0. The van der Waals surface area contributed by atoms with Gasteiger partial charge in [0.05, 0.1) is 33.3 Å². The first kappa shape index (κ1) is 14.5. The van der Waals surface area contributed by atoms with Crippen molar-refractivity contribution in [1.29, 1.82) is 0 Å². The van der Waals surface area contributed by atoms with Gasteiger partial charge < -0.3 is 11.1 Å². The van der Waals surface area contributed by atoms with Gasteiger partial charge in [-0.1, -0.05) is 35.4 Å². The maximum atomic E-state index is 6.14. The molecule has 0 spiro atoms. The van der Waals surface area contributed by atoms with Crippen molar-refractivity contribution in [3.63, 3.8) is 0 Å². The van der Waals surface area contributed by atoms with Gasteiger partial charge in [0, 0.05) is 4.47 Å². The maximum absolute atomic E-state index is 6.14. The van der Waals surface area contributed by atoms with Crippen LogP contribution < -0.4 is 11.1 Å². The summed E-state index contributed by atoms with van der Waals surface area (Å²) < 4.78 is 0.742. The highest BCUT2D eigenvalue weighted by atomic mass is 79.9. The number of rotatable bonds is 3. The number of nitrogens with one attached hydrogen (secondary N) is 1. The Hall–Kier alpha value is -0.880. The average Bonchev–Trinajstić information content (AvgIpc) is 2.40. The molecule has 2 aromatic rings. The molecule has 0 bridgehead atoms. The second-order valence-electron chi connectivity index (χ2n) is 3.64. The standard InChI is InChI=1S/C12H8BrCl2N3S/c13-7-2-4-8(11(15)10(7)14)18-6-1-3-9(12(16)19)17-5-6/h1-5,18H,(H2,16,19). The number of aromatic nitrogens is 1. The van der Waals surface area contributed by atoms with Crippen LogP contribution in [0.2, 0.25) is 10.0 Å². The number of nitrogens with two attached hydrogens (primary N) is 1. The Kier molecular flexibility index (Phi) is 4.62. The predicted molar refractivity (Wildman–Crippen MR) is 87.6 cm³/mol. The molecule has 0 unspecified atom stereocenters. The van der Waals surface area contributed by atoms with Crippen LogP contribution in [-0.4, -0.2) is 9.97 Å². The first-order valence-electron chi connectivity index (χ1n) is 5.15. The van der Waals surface area contributed by atoms with Crippen molar-refractivity contribution in [1.82, 2.24) is 4.98 Å². The van der Waals surface area contributed by atoms with Crippen LogP contribution in [0.15, 0.2) is 34.9 Å². The van der Waals surface area contributed by atoms with Crippen LogP contribution >= 0.6 is 51.3 Å². The molecule has 0 fully saturated rings. The number of nitrogens with zero attached hydrogens (tertiary/aromatic N) is 1. The van der Waals surface area contributed by atoms with E-state index in [-0.39, 0.29) is 4.99 Å². The third-order valence-corrected chi connectivity index (χ3v) is 4.31. The lowest BCUT2D eigenvalue weighted by Crippen LogP contribution is -2.11. The van der Waals surface area contributed by atoms with E-state index >= 15 is 0 Å². The fraction of sp³-hybridized carbons (Fsp3) is 0. The largest absolute Gasteiger partial charge is 0.388 e. The van der Waals surface area contributed by atoms with Crippen LogP contribution in [0.3, 0.4) is 0 Å². The number of hydrogen-bond acceptors (Lipinski definition) is 3. The zero-order valence-corrected chi connectivity index (χ0v) is 13.4. The van der Waals surface area contributed by atoms with Crippen LogP contribution in [0.25, 0.3) is 0 Å². The highest BCUT2D eigenvalue weighted by molar-refractivity contribution is 9.10. The Morgan fingerprint density at radius 3 is 2.53 bits per heavy atom. The Morgan fingerprint density at radius 1 is 1.21 bits per heavy atom. The van der Waals surface area contributed by atoms with Gasteiger partial charge in [0.15, 0.2) is 0 Å². The van der Waals surface area contributed by atoms with Crippen LogP contribution in [0.4, 0.5) is 11.4 Å². The summed E-state index contributed by atoms with van der Waals surface area (Å²) in [6, 6.07) is 7.18. The van der Waals surface area contributed by atoms with Crippen LogP contribution in [0, 0.1) is 0 Å². The van der Waals surface area contributed by atoms with Crippen molar-refractivity contribution < 1.29 is 0 Å². The third-order valence-electron chi connectivity index (χ3n) is 2.33. The number of pyridine rings is 1. The molecule has 2 rings (SSSR count). The number of anilines is 2. The Balaban J connectivity index is 2.26. The fourth-order valence-electron chi connectivity index (χ4n) is 1.39. The molecule has 0 saturated heterocycles. The summed E-state index contributed by atoms with van der Waals surface area (Å²) in [5.74, 6) is 0. The first-order valence-corrected chi connectivity index (χ1v) is 7.11. The molecule has 0 radical (unpaired) electrons. The predicted octanol–water partition coefficient (Wildman–Crippen LogP) is 4.53. The molecule has 7 heteroatoms. The van der Waals surface area contributed by atoms with Crippen LogP contribution in [0.1, 0.15) is 5.69 Å². The van der Waals surface area contributed by atoms with E-state index in [4.69, 9.17) is 41.2 Å². The number of hydrogen-bond donors (Lipinski definition) is 2. The minimum absolute atomic E-state index is 0.260. The van der Waals surface area contributed by atoms with E-state index in [1.807, 2.05) is 18.2 Å². The van der Waals surface area contributed by atoms with Gasteiger partial charge in [0.25, 0.3) is 0 Å². The molecule has 1 aromatic heterocycles. The topological polar surface area (TPSA) is 50.9 Å². The molecular weight excluding hydrogens is 369 g/mol. The lowest BCUT2D eigenvalue weighted by atomic mass is 10.3. The van der Waals surface area contributed by atoms with Crippen molar-refractivity contribution in [3.8, 4) is 0 Å². The highest BCUT2D eigenvalue weighted by Gasteiger charge is 2.08. The number of benzene rings is 1. The summed E-state index contributed by atoms with van der Waals surface area (Å²) >= 11 is 20.3. The zero-order chi connectivity index (χ0) is 14.0. The lowest BCUT2D eigenvalue weighted by Gasteiger charge is -2.10. The summed E-state index contributed by atoms with van der Waals surface area (Å²) in [4.78, 5) is 4.39. The van der Waals surface area contributed by atoms with Gasteiger partial charge in [0.1, 0.15) is 4.99 Å². The van der Waals surface area contributed by atoms with E-state index in [2.05, 4.69) is 26.2 Å². The Bertz CT molecular complexity index is 632. The van der Waals surface area contributed by atoms with E-state index in [9.17, 15) is 0 Å². The van der Waals surface area contributed by atoms with Gasteiger partial charge in [-0.15, -0.1) is 0 Å². The van der Waals surface area contributed by atoms with E-state index in [1.54, 1.807) is 12.3 Å². The van der Waals surface area contributed by atoms with Gasteiger partial charge in [-0.05, 0) is 40.2 Å². The molecule has 3 nitrogen and oxygen atoms in total. The minimum Gasteiger partial charge on any atom is -0.388 e. The minimum atomic E-state index is 0.260. The molecule has 1 heterocycles. The van der Waals surface area contributed by atoms with Gasteiger partial charge in [-0.25, -0.2) is 0 Å². The van der Waals surface area contributed by atoms with Gasteiger partial charge in [0.2, 0.25) is 0 Å². The number of thiocarbonyl (C=S) groups is 1. The average molecular weight is 377 g/mol.